The first-order valence-corrected chi connectivity index (χ1v) is 8.97. The number of nitrogens with one attached hydrogen (secondary N) is 2. The van der Waals surface area contributed by atoms with Gasteiger partial charge in [0.25, 0.3) is 0 Å². The molecule has 138 valence electrons. The van der Waals surface area contributed by atoms with Crippen LogP contribution in [-0.4, -0.2) is 47.0 Å². The van der Waals surface area contributed by atoms with Gasteiger partial charge in [-0.3, -0.25) is 5.32 Å². The predicted molar refractivity (Wildman–Crippen MR) is 94.1 cm³/mol. The average Bonchev–Trinajstić information content (AvgIpc) is 2.36. The Labute approximate surface area is 142 Å². The van der Waals surface area contributed by atoms with Crippen LogP contribution in [0.3, 0.4) is 0 Å². The maximum absolute atomic E-state index is 9.93. The summed E-state index contributed by atoms with van der Waals surface area (Å²) in [5.74, 6) is 0. The minimum atomic E-state index is -0.907. The number of aliphatic hydroxyl groups is 2. The van der Waals surface area contributed by atoms with E-state index in [4.69, 9.17) is 4.74 Å². The summed E-state index contributed by atoms with van der Waals surface area (Å²) in [5.41, 5.74) is -0.139. The number of rotatable bonds is 7. The van der Waals surface area contributed by atoms with Gasteiger partial charge in [-0.25, -0.2) is 0 Å². The smallest absolute Gasteiger partial charge is 0.214 e. The Morgan fingerprint density at radius 2 is 1.43 bits per heavy atom. The fourth-order valence-electron chi connectivity index (χ4n) is 3.25. The van der Waals surface area contributed by atoms with Gasteiger partial charge in [-0.15, -0.1) is 0 Å². The third-order valence-corrected chi connectivity index (χ3v) is 4.12. The fraction of sp³-hybridized carbons (Fsp3) is 1.00. The lowest BCUT2D eigenvalue weighted by molar-refractivity contribution is -0.186. The molecule has 23 heavy (non-hydrogen) atoms. The van der Waals surface area contributed by atoms with E-state index in [1.165, 1.54) is 0 Å². The van der Waals surface area contributed by atoms with E-state index in [-0.39, 0.29) is 23.7 Å². The van der Waals surface area contributed by atoms with Crippen LogP contribution in [0.25, 0.3) is 0 Å². The molecule has 1 aliphatic rings. The number of ether oxygens (including phenoxy) is 1. The van der Waals surface area contributed by atoms with E-state index in [2.05, 4.69) is 31.4 Å². The fourth-order valence-corrected chi connectivity index (χ4v) is 3.25. The van der Waals surface area contributed by atoms with Crippen molar-refractivity contribution in [2.24, 2.45) is 5.41 Å². The Kier molecular flexibility index (Phi) is 7.94. The van der Waals surface area contributed by atoms with Gasteiger partial charge >= 0.3 is 0 Å². The lowest BCUT2D eigenvalue weighted by Gasteiger charge is -2.35. The highest BCUT2D eigenvalue weighted by Gasteiger charge is 2.27. The Balaban J connectivity index is 2.32. The van der Waals surface area contributed by atoms with Gasteiger partial charge in [0.1, 0.15) is 0 Å². The second-order valence-corrected chi connectivity index (χ2v) is 9.11. The Morgan fingerprint density at radius 1 is 0.957 bits per heavy atom. The zero-order valence-electron chi connectivity index (χ0n) is 15.9. The first-order valence-electron chi connectivity index (χ1n) is 8.97. The van der Waals surface area contributed by atoms with Crippen molar-refractivity contribution in [3.8, 4) is 0 Å². The summed E-state index contributed by atoms with van der Waals surface area (Å²) < 4.78 is 5.50. The van der Waals surface area contributed by atoms with Gasteiger partial charge in [-0.2, -0.15) is 0 Å². The molecular formula is C18H38N2O3. The van der Waals surface area contributed by atoms with E-state index in [0.29, 0.717) is 12.1 Å². The van der Waals surface area contributed by atoms with Gasteiger partial charge in [0.2, 0.25) is 6.41 Å². The van der Waals surface area contributed by atoms with Crippen LogP contribution in [0.2, 0.25) is 0 Å². The van der Waals surface area contributed by atoms with Gasteiger partial charge in [0.05, 0.1) is 12.2 Å². The molecule has 0 radical (unpaired) electrons. The summed E-state index contributed by atoms with van der Waals surface area (Å²) in [5, 5.41) is 26.3. The van der Waals surface area contributed by atoms with Crippen LogP contribution in [0.1, 0.15) is 73.6 Å². The Morgan fingerprint density at radius 3 is 1.83 bits per heavy atom. The largest absolute Gasteiger partial charge is 0.395 e. The molecule has 0 aromatic rings. The van der Waals surface area contributed by atoms with Crippen LogP contribution in [0.15, 0.2) is 0 Å². The van der Waals surface area contributed by atoms with E-state index < -0.39 is 6.41 Å². The van der Waals surface area contributed by atoms with Crippen molar-refractivity contribution in [3.63, 3.8) is 0 Å². The second-order valence-electron chi connectivity index (χ2n) is 9.11. The summed E-state index contributed by atoms with van der Waals surface area (Å²) in [6.45, 7) is 12.6. The SMILES string of the molecule is CC(C)(C)C[C@H](CO)NC1CCC(NC(O)OC(C)(C)C)CC1. The lowest BCUT2D eigenvalue weighted by atomic mass is 9.86. The molecule has 5 nitrogen and oxygen atoms in total. The minimum Gasteiger partial charge on any atom is -0.395 e. The predicted octanol–water partition coefficient (Wildman–Crippen LogP) is 2.36. The van der Waals surface area contributed by atoms with Gasteiger partial charge in [-0.05, 0) is 58.3 Å². The van der Waals surface area contributed by atoms with Crippen molar-refractivity contribution in [1.82, 2.24) is 10.6 Å². The average molecular weight is 331 g/mol. The van der Waals surface area contributed by atoms with Crippen molar-refractivity contribution in [2.45, 2.75) is 104 Å². The zero-order chi connectivity index (χ0) is 17.7. The van der Waals surface area contributed by atoms with Gasteiger partial charge in [0, 0.05) is 18.1 Å². The number of hydrogen-bond donors (Lipinski definition) is 4. The van der Waals surface area contributed by atoms with Crippen LogP contribution in [0.5, 0.6) is 0 Å². The van der Waals surface area contributed by atoms with Crippen molar-refractivity contribution in [3.05, 3.63) is 0 Å². The van der Waals surface area contributed by atoms with Gasteiger partial charge in [-0.1, -0.05) is 20.8 Å². The van der Waals surface area contributed by atoms with Crippen LogP contribution >= 0.6 is 0 Å². The molecule has 0 saturated heterocycles. The van der Waals surface area contributed by atoms with Crippen LogP contribution in [0, 0.1) is 5.41 Å². The molecule has 1 rings (SSSR count). The Hall–Kier alpha value is -0.200. The molecule has 1 aliphatic carbocycles. The van der Waals surface area contributed by atoms with E-state index in [1.54, 1.807) is 0 Å². The molecule has 1 unspecified atom stereocenters. The van der Waals surface area contributed by atoms with Crippen molar-refractivity contribution >= 4 is 0 Å². The summed E-state index contributed by atoms with van der Waals surface area (Å²) >= 11 is 0. The molecular weight excluding hydrogens is 292 g/mol. The molecule has 0 amide bonds. The molecule has 5 heteroatoms. The minimum absolute atomic E-state index is 0.166. The molecule has 0 heterocycles. The van der Waals surface area contributed by atoms with Crippen molar-refractivity contribution in [2.75, 3.05) is 6.61 Å². The summed E-state index contributed by atoms with van der Waals surface area (Å²) in [4.78, 5) is 0. The maximum atomic E-state index is 9.93. The molecule has 0 bridgehead atoms. The first kappa shape index (κ1) is 20.8. The monoisotopic (exact) mass is 330 g/mol. The molecule has 0 aromatic carbocycles. The van der Waals surface area contributed by atoms with E-state index in [9.17, 15) is 10.2 Å². The first-order chi connectivity index (χ1) is 10.5. The topological polar surface area (TPSA) is 73.8 Å². The molecule has 0 spiro atoms. The third-order valence-electron chi connectivity index (χ3n) is 4.12. The number of aliphatic hydroxyl groups excluding tert-OH is 2. The van der Waals surface area contributed by atoms with Crippen molar-refractivity contribution < 1.29 is 14.9 Å². The van der Waals surface area contributed by atoms with Crippen LogP contribution in [-0.2, 0) is 4.74 Å². The molecule has 1 saturated carbocycles. The Bertz CT molecular complexity index is 328. The molecule has 4 N–H and O–H groups in total. The molecule has 2 atom stereocenters. The van der Waals surface area contributed by atoms with Crippen LogP contribution < -0.4 is 10.6 Å². The number of hydrogen-bond acceptors (Lipinski definition) is 5. The maximum Gasteiger partial charge on any atom is 0.214 e. The van der Waals surface area contributed by atoms with E-state index in [0.717, 1.165) is 32.1 Å². The third kappa shape index (κ3) is 9.62. The van der Waals surface area contributed by atoms with Gasteiger partial charge in [0.15, 0.2) is 0 Å². The van der Waals surface area contributed by atoms with E-state index in [1.807, 2.05) is 20.8 Å². The highest BCUT2D eigenvalue weighted by molar-refractivity contribution is 4.84. The summed E-state index contributed by atoms with van der Waals surface area (Å²) in [6.07, 6.45) is 4.20. The van der Waals surface area contributed by atoms with Crippen molar-refractivity contribution in [1.29, 1.82) is 0 Å². The summed E-state index contributed by atoms with van der Waals surface area (Å²) in [7, 11) is 0. The van der Waals surface area contributed by atoms with Crippen LogP contribution in [0.4, 0.5) is 0 Å². The molecule has 0 aromatic heterocycles. The second kappa shape index (κ2) is 8.77. The quantitative estimate of drug-likeness (QED) is 0.539. The highest BCUT2D eigenvalue weighted by atomic mass is 16.6. The lowest BCUT2D eigenvalue weighted by Crippen LogP contribution is -2.49. The molecule has 1 fully saturated rings. The van der Waals surface area contributed by atoms with Gasteiger partial charge < -0.3 is 20.3 Å². The van der Waals surface area contributed by atoms with E-state index >= 15 is 0 Å². The zero-order valence-corrected chi connectivity index (χ0v) is 15.9. The normalized spacial score (nSPS) is 26.1. The standard InChI is InChI=1S/C18H38N2O3/c1-17(2,3)11-15(12-21)19-13-7-9-14(10-8-13)20-16(22)23-18(4,5)6/h13-16,19-22H,7-12H2,1-6H3/t13?,14?,15-,16?/m1/s1. The summed E-state index contributed by atoms with van der Waals surface area (Å²) in [6, 6.07) is 0.910. The highest BCUT2D eigenvalue weighted by Crippen LogP contribution is 2.24. The molecule has 0 aliphatic heterocycles.